The van der Waals surface area contributed by atoms with Crippen molar-refractivity contribution in [3.05, 3.63) is 35.6 Å². The second kappa shape index (κ2) is 4.73. The van der Waals surface area contributed by atoms with Gasteiger partial charge in [-0.3, -0.25) is 4.90 Å². The van der Waals surface area contributed by atoms with E-state index in [2.05, 4.69) is 17.1 Å². The van der Waals surface area contributed by atoms with Crippen LogP contribution in [0.25, 0.3) is 0 Å². The van der Waals surface area contributed by atoms with Crippen LogP contribution in [-0.2, 0) is 6.54 Å². The summed E-state index contributed by atoms with van der Waals surface area (Å²) in [7, 11) is 0. The number of piperazine rings is 1. The van der Waals surface area contributed by atoms with Crippen molar-refractivity contribution in [3.63, 3.8) is 0 Å². The van der Waals surface area contributed by atoms with Crippen molar-refractivity contribution in [1.29, 1.82) is 0 Å². The third-order valence-electron chi connectivity index (χ3n) is 2.77. The van der Waals surface area contributed by atoms with E-state index >= 15 is 0 Å². The summed E-state index contributed by atoms with van der Waals surface area (Å²) in [4.78, 5) is 2.40. The quantitative estimate of drug-likeness (QED) is 0.794. The molecule has 0 aliphatic carbocycles. The average molecular weight is 208 g/mol. The molecule has 0 amide bonds. The lowest BCUT2D eigenvalue weighted by molar-refractivity contribution is 0.199. The first-order valence-corrected chi connectivity index (χ1v) is 5.44. The van der Waals surface area contributed by atoms with Gasteiger partial charge in [0.1, 0.15) is 5.82 Å². The van der Waals surface area contributed by atoms with E-state index in [1.165, 1.54) is 17.7 Å². The van der Waals surface area contributed by atoms with E-state index in [0.29, 0.717) is 6.04 Å². The van der Waals surface area contributed by atoms with Crippen LogP contribution < -0.4 is 5.32 Å². The van der Waals surface area contributed by atoms with Crippen LogP contribution in [0.2, 0.25) is 0 Å². The Kier molecular flexibility index (Phi) is 3.34. The molecule has 0 bridgehead atoms. The number of hydrogen-bond donors (Lipinski definition) is 1. The Labute approximate surface area is 90.1 Å². The molecule has 0 saturated carbocycles. The summed E-state index contributed by atoms with van der Waals surface area (Å²) < 4.78 is 12.7. The highest BCUT2D eigenvalue weighted by atomic mass is 19.1. The van der Waals surface area contributed by atoms with Gasteiger partial charge in [0.05, 0.1) is 0 Å². The summed E-state index contributed by atoms with van der Waals surface area (Å²) in [5, 5.41) is 3.41. The molecule has 1 aromatic rings. The zero-order valence-electron chi connectivity index (χ0n) is 9.04. The fourth-order valence-electron chi connectivity index (χ4n) is 2.00. The highest BCUT2D eigenvalue weighted by molar-refractivity contribution is 5.16. The first-order valence-electron chi connectivity index (χ1n) is 5.44. The average Bonchev–Trinajstić information content (AvgIpc) is 2.22. The molecule has 82 valence electrons. The second-order valence-electron chi connectivity index (χ2n) is 4.22. The summed E-state index contributed by atoms with van der Waals surface area (Å²) in [6.07, 6.45) is 0. The van der Waals surface area contributed by atoms with Gasteiger partial charge in [-0.15, -0.1) is 0 Å². The third kappa shape index (κ3) is 3.01. The number of nitrogens with zero attached hydrogens (tertiary/aromatic N) is 1. The molecule has 15 heavy (non-hydrogen) atoms. The van der Waals surface area contributed by atoms with E-state index in [0.717, 1.165) is 26.2 Å². The van der Waals surface area contributed by atoms with Crippen LogP contribution in [0.3, 0.4) is 0 Å². The highest BCUT2D eigenvalue weighted by Crippen LogP contribution is 2.08. The minimum absolute atomic E-state index is 0.160. The van der Waals surface area contributed by atoms with Gasteiger partial charge in [0, 0.05) is 32.2 Å². The molecule has 3 heteroatoms. The molecular formula is C12H17FN2. The molecule has 1 unspecified atom stereocenters. The normalized spacial score (nSPS) is 22.9. The molecule has 1 N–H and O–H groups in total. The summed E-state index contributed by atoms with van der Waals surface area (Å²) in [6, 6.07) is 7.34. The number of benzene rings is 1. The van der Waals surface area contributed by atoms with E-state index in [1.807, 2.05) is 12.1 Å². The summed E-state index contributed by atoms with van der Waals surface area (Å²) >= 11 is 0. The van der Waals surface area contributed by atoms with Gasteiger partial charge >= 0.3 is 0 Å². The summed E-state index contributed by atoms with van der Waals surface area (Å²) in [5.41, 5.74) is 1.19. The highest BCUT2D eigenvalue weighted by Gasteiger charge is 2.15. The molecule has 1 atom stereocenters. The van der Waals surface area contributed by atoms with Gasteiger partial charge in [-0.05, 0) is 24.6 Å². The van der Waals surface area contributed by atoms with E-state index in [-0.39, 0.29) is 5.82 Å². The van der Waals surface area contributed by atoms with E-state index in [9.17, 15) is 4.39 Å². The Morgan fingerprint density at radius 3 is 2.80 bits per heavy atom. The number of halogens is 1. The molecular weight excluding hydrogens is 191 g/mol. The van der Waals surface area contributed by atoms with Crippen LogP contribution in [0, 0.1) is 5.82 Å². The lowest BCUT2D eigenvalue weighted by Crippen LogP contribution is -2.48. The van der Waals surface area contributed by atoms with Gasteiger partial charge in [0.15, 0.2) is 0 Å². The predicted octanol–water partition coefficient (Wildman–Crippen LogP) is 1.62. The van der Waals surface area contributed by atoms with Crippen molar-refractivity contribution in [2.45, 2.75) is 19.5 Å². The molecule has 1 aromatic carbocycles. The molecule has 1 saturated heterocycles. The van der Waals surface area contributed by atoms with Gasteiger partial charge in [-0.1, -0.05) is 12.1 Å². The first kappa shape index (κ1) is 10.6. The van der Waals surface area contributed by atoms with Gasteiger partial charge in [0.2, 0.25) is 0 Å². The Bertz CT molecular complexity index is 310. The van der Waals surface area contributed by atoms with E-state index < -0.39 is 0 Å². The largest absolute Gasteiger partial charge is 0.312 e. The van der Waals surface area contributed by atoms with Crippen molar-refractivity contribution in [3.8, 4) is 0 Å². The number of nitrogens with one attached hydrogen (secondary N) is 1. The molecule has 2 nitrogen and oxygen atoms in total. The van der Waals surface area contributed by atoms with Crippen LogP contribution in [0.5, 0.6) is 0 Å². The lowest BCUT2D eigenvalue weighted by atomic mass is 10.1. The Hall–Kier alpha value is -0.930. The number of rotatable bonds is 2. The van der Waals surface area contributed by atoms with Gasteiger partial charge in [-0.25, -0.2) is 4.39 Å². The van der Waals surface area contributed by atoms with Crippen LogP contribution in [0.4, 0.5) is 4.39 Å². The lowest BCUT2D eigenvalue weighted by Gasteiger charge is -2.31. The van der Waals surface area contributed by atoms with Gasteiger partial charge in [0.25, 0.3) is 0 Å². The molecule has 1 aliphatic heterocycles. The Balaban J connectivity index is 1.93. The standard InChI is InChI=1S/C12H17FN2/c1-10-8-15(7-6-14-10)9-11-2-4-12(13)5-3-11/h2-5,10,14H,6-9H2,1H3. The van der Waals surface area contributed by atoms with Gasteiger partial charge in [-0.2, -0.15) is 0 Å². The summed E-state index contributed by atoms with van der Waals surface area (Å²) in [6.45, 7) is 6.30. The molecule has 0 spiro atoms. The smallest absolute Gasteiger partial charge is 0.123 e. The zero-order chi connectivity index (χ0) is 10.7. The first-order chi connectivity index (χ1) is 7.24. The monoisotopic (exact) mass is 208 g/mol. The zero-order valence-corrected chi connectivity index (χ0v) is 9.04. The van der Waals surface area contributed by atoms with E-state index in [1.54, 1.807) is 0 Å². The van der Waals surface area contributed by atoms with Crippen LogP contribution >= 0.6 is 0 Å². The Morgan fingerprint density at radius 2 is 2.13 bits per heavy atom. The maximum absolute atomic E-state index is 12.7. The third-order valence-corrected chi connectivity index (χ3v) is 2.77. The molecule has 1 heterocycles. The van der Waals surface area contributed by atoms with Crippen molar-refractivity contribution in [1.82, 2.24) is 10.2 Å². The molecule has 1 aliphatic rings. The SMILES string of the molecule is CC1CN(Cc2ccc(F)cc2)CCN1. The van der Waals surface area contributed by atoms with Crippen LogP contribution in [0.15, 0.2) is 24.3 Å². The van der Waals surface area contributed by atoms with E-state index in [4.69, 9.17) is 0 Å². The second-order valence-corrected chi connectivity index (χ2v) is 4.22. The minimum Gasteiger partial charge on any atom is -0.312 e. The Morgan fingerprint density at radius 1 is 1.40 bits per heavy atom. The van der Waals surface area contributed by atoms with Crippen molar-refractivity contribution in [2.24, 2.45) is 0 Å². The fraction of sp³-hybridized carbons (Fsp3) is 0.500. The minimum atomic E-state index is -0.160. The van der Waals surface area contributed by atoms with Crippen molar-refractivity contribution >= 4 is 0 Å². The predicted molar refractivity (Wildman–Crippen MR) is 59.1 cm³/mol. The van der Waals surface area contributed by atoms with Crippen LogP contribution in [0.1, 0.15) is 12.5 Å². The summed E-state index contributed by atoms with van der Waals surface area (Å²) in [5.74, 6) is -0.160. The van der Waals surface area contributed by atoms with Gasteiger partial charge < -0.3 is 5.32 Å². The molecule has 2 rings (SSSR count). The number of hydrogen-bond acceptors (Lipinski definition) is 2. The molecule has 0 radical (unpaired) electrons. The maximum atomic E-state index is 12.7. The topological polar surface area (TPSA) is 15.3 Å². The van der Waals surface area contributed by atoms with Crippen LogP contribution in [-0.4, -0.2) is 30.6 Å². The van der Waals surface area contributed by atoms with Crippen molar-refractivity contribution in [2.75, 3.05) is 19.6 Å². The maximum Gasteiger partial charge on any atom is 0.123 e. The fourth-order valence-corrected chi connectivity index (χ4v) is 2.00. The molecule has 0 aromatic heterocycles. The molecule has 1 fully saturated rings. The van der Waals surface area contributed by atoms with Crippen molar-refractivity contribution < 1.29 is 4.39 Å².